The van der Waals surface area contributed by atoms with Gasteiger partial charge in [0.25, 0.3) is 11.8 Å². The number of rotatable bonds is 4. The first kappa shape index (κ1) is 22.2. The number of anilines is 2. The van der Waals surface area contributed by atoms with Gasteiger partial charge < -0.3 is 20.2 Å². The molecular weight excluding hydrogens is 435 g/mol. The van der Waals surface area contributed by atoms with Crippen LogP contribution < -0.4 is 10.2 Å². The van der Waals surface area contributed by atoms with Crippen LogP contribution in [0.15, 0.2) is 60.7 Å². The molecule has 33 heavy (non-hydrogen) atoms. The molecule has 0 unspecified atom stereocenters. The SMILES string of the molecule is O=C(Nc1ccc(C(=O)N2CCN(c3ccc(F)cc3)CC2)c(O)c1)c1cc(F)cc(F)c1. The van der Waals surface area contributed by atoms with Crippen molar-refractivity contribution in [1.29, 1.82) is 0 Å². The topological polar surface area (TPSA) is 72.9 Å². The Morgan fingerprint density at radius 1 is 0.788 bits per heavy atom. The third kappa shape index (κ3) is 5.08. The van der Waals surface area contributed by atoms with E-state index in [0.717, 1.165) is 17.8 Å². The van der Waals surface area contributed by atoms with E-state index in [0.29, 0.717) is 32.2 Å². The Morgan fingerprint density at radius 2 is 1.42 bits per heavy atom. The fourth-order valence-electron chi connectivity index (χ4n) is 3.67. The Balaban J connectivity index is 1.40. The number of amides is 2. The van der Waals surface area contributed by atoms with Gasteiger partial charge in [-0.05, 0) is 48.5 Å². The van der Waals surface area contributed by atoms with Crippen molar-refractivity contribution in [2.45, 2.75) is 0 Å². The molecule has 0 saturated carbocycles. The maximum absolute atomic E-state index is 13.3. The molecule has 0 spiro atoms. The molecule has 1 heterocycles. The first-order chi connectivity index (χ1) is 15.8. The summed E-state index contributed by atoms with van der Waals surface area (Å²) in [6.45, 7) is 1.94. The second-order valence-corrected chi connectivity index (χ2v) is 7.60. The van der Waals surface area contributed by atoms with Gasteiger partial charge in [0.2, 0.25) is 0 Å². The minimum Gasteiger partial charge on any atom is -0.507 e. The molecule has 6 nitrogen and oxygen atoms in total. The summed E-state index contributed by atoms with van der Waals surface area (Å²) in [7, 11) is 0. The van der Waals surface area contributed by atoms with Gasteiger partial charge in [0.1, 0.15) is 23.2 Å². The van der Waals surface area contributed by atoms with Crippen LogP contribution in [-0.2, 0) is 0 Å². The standard InChI is InChI=1S/C24H20F3N3O3/c25-16-1-4-20(5-2-16)29-7-9-30(10-8-29)24(33)21-6-3-19(14-22(21)31)28-23(32)15-11-17(26)13-18(27)12-15/h1-6,11-14,31H,7-10H2,(H,28,32). The van der Waals surface area contributed by atoms with Crippen molar-refractivity contribution in [2.75, 3.05) is 36.4 Å². The number of halogens is 3. The number of hydrogen-bond donors (Lipinski definition) is 2. The summed E-state index contributed by atoms with van der Waals surface area (Å²) in [5.41, 5.74) is 0.885. The Morgan fingerprint density at radius 3 is 2.03 bits per heavy atom. The maximum atomic E-state index is 13.3. The zero-order valence-electron chi connectivity index (χ0n) is 17.4. The van der Waals surface area contributed by atoms with E-state index in [-0.39, 0.29) is 34.3 Å². The van der Waals surface area contributed by atoms with Crippen LogP contribution in [0.3, 0.4) is 0 Å². The monoisotopic (exact) mass is 455 g/mol. The predicted molar refractivity (Wildman–Crippen MR) is 117 cm³/mol. The molecule has 1 aliphatic rings. The molecule has 4 rings (SSSR count). The number of carbonyl (C=O) groups is 2. The molecule has 3 aromatic rings. The van der Waals surface area contributed by atoms with Crippen LogP contribution in [0.1, 0.15) is 20.7 Å². The van der Waals surface area contributed by atoms with Crippen molar-refractivity contribution < 1.29 is 27.9 Å². The Hall–Kier alpha value is -4.01. The van der Waals surface area contributed by atoms with Gasteiger partial charge in [-0.3, -0.25) is 9.59 Å². The van der Waals surface area contributed by atoms with Crippen LogP contribution in [0, 0.1) is 17.5 Å². The van der Waals surface area contributed by atoms with Crippen LogP contribution in [0.2, 0.25) is 0 Å². The number of phenols is 1. The number of aromatic hydroxyl groups is 1. The van der Waals surface area contributed by atoms with Crippen molar-refractivity contribution in [3.05, 3.63) is 89.2 Å². The van der Waals surface area contributed by atoms with Gasteiger partial charge in [0, 0.05) is 55.2 Å². The zero-order chi connectivity index (χ0) is 23.5. The predicted octanol–water partition coefficient (Wildman–Crippen LogP) is 4.02. The summed E-state index contributed by atoms with van der Waals surface area (Å²) < 4.78 is 39.8. The van der Waals surface area contributed by atoms with Crippen molar-refractivity contribution in [1.82, 2.24) is 4.90 Å². The normalized spacial score (nSPS) is 13.7. The second kappa shape index (κ2) is 9.23. The highest BCUT2D eigenvalue weighted by atomic mass is 19.1. The third-order valence-electron chi connectivity index (χ3n) is 5.37. The van der Waals surface area contributed by atoms with Crippen LogP contribution >= 0.6 is 0 Å². The zero-order valence-corrected chi connectivity index (χ0v) is 17.4. The Bertz CT molecular complexity index is 1170. The van der Waals surface area contributed by atoms with Gasteiger partial charge in [-0.1, -0.05) is 0 Å². The van der Waals surface area contributed by atoms with E-state index in [2.05, 4.69) is 5.32 Å². The van der Waals surface area contributed by atoms with Gasteiger partial charge in [-0.15, -0.1) is 0 Å². The summed E-state index contributed by atoms with van der Waals surface area (Å²) >= 11 is 0. The van der Waals surface area contributed by atoms with Crippen LogP contribution in [0.25, 0.3) is 0 Å². The van der Waals surface area contributed by atoms with E-state index in [1.807, 2.05) is 4.90 Å². The molecule has 0 aliphatic carbocycles. The van der Waals surface area contributed by atoms with Gasteiger partial charge in [-0.25, -0.2) is 13.2 Å². The van der Waals surface area contributed by atoms with E-state index in [9.17, 15) is 27.9 Å². The molecule has 0 bridgehead atoms. The third-order valence-corrected chi connectivity index (χ3v) is 5.37. The number of piperazine rings is 1. The highest BCUT2D eigenvalue weighted by Crippen LogP contribution is 2.25. The number of benzene rings is 3. The lowest BCUT2D eigenvalue weighted by Gasteiger charge is -2.36. The molecule has 0 radical (unpaired) electrons. The number of phenolic OH excluding ortho intramolecular Hbond substituents is 1. The summed E-state index contributed by atoms with van der Waals surface area (Å²) in [4.78, 5) is 28.7. The van der Waals surface area contributed by atoms with E-state index in [4.69, 9.17) is 0 Å². The molecule has 1 aliphatic heterocycles. The number of nitrogens with zero attached hydrogens (tertiary/aromatic N) is 2. The molecule has 9 heteroatoms. The molecule has 0 aromatic heterocycles. The first-order valence-electron chi connectivity index (χ1n) is 10.2. The number of hydrogen-bond acceptors (Lipinski definition) is 4. The quantitative estimate of drug-likeness (QED) is 0.623. The van der Waals surface area contributed by atoms with E-state index < -0.39 is 17.5 Å². The Labute approximate surface area is 187 Å². The smallest absolute Gasteiger partial charge is 0.257 e. The summed E-state index contributed by atoms with van der Waals surface area (Å²) in [6.07, 6.45) is 0. The average Bonchev–Trinajstić information content (AvgIpc) is 2.79. The van der Waals surface area contributed by atoms with Gasteiger partial charge >= 0.3 is 0 Å². The van der Waals surface area contributed by atoms with Crippen molar-refractivity contribution in [2.24, 2.45) is 0 Å². The summed E-state index contributed by atoms with van der Waals surface area (Å²) in [5, 5.41) is 12.8. The van der Waals surface area contributed by atoms with Crippen molar-refractivity contribution in [3.63, 3.8) is 0 Å². The number of nitrogens with one attached hydrogen (secondary N) is 1. The number of carbonyl (C=O) groups excluding carboxylic acids is 2. The second-order valence-electron chi connectivity index (χ2n) is 7.60. The minimum absolute atomic E-state index is 0.0695. The lowest BCUT2D eigenvalue weighted by atomic mass is 10.1. The first-order valence-corrected chi connectivity index (χ1v) is 10.2. The highest BCUT2D eigenvalue weighted by molar-refractivity contribution is 6.05. The van der Waals surface area contributed by atoms with E-state index in [1.165, 1.54) is 30.3 Å². The molecule has 3 aromatic carbocycles. The lowest BCUT2D eigenvalue weighted by molar-refractivity contribution is 0.0743. The van der Waals surface area contributed by atoms with Gasteiger partial charge in [0.05, 0.1) is 5.56 Å². The maximum Gasteiger partial charge on any atom is 0.257 e. The highest BCUT2D eigenvalue weighted by Gasteiger charge is 2.24. The minimum atomic E-state index is -0.886. The van der Waals surface area contributed by atoms with E-state index >= 15 is 0 Å². The van der Waals surface area contributed by atoms with Crippen molar-refractivity contribution >= 4 is 23.2 Å². The molecule has 2 amide bonds. The molecule has 170 valence electrons. The van der Waals surface area contributed by atoms with Crippen LogP contribution in [0.4, 0.5) is 24.5 Å². The fraction of sp³-hybridized carbons (Fsp3) is 0.167. The van der Waals surface area contributed by atoms with Crippen LogP contribution in [-0.4, -0.2) is 48.0 Å². The average molecular weight is 455 g/mol. The molecule has 1 fully saturated rings. The molecular formula is C24H20F3N3O3. The molecule has 0 atom stereocenters. The fourth-order valence-corrected chi connectivity index (χ4v) is 3.67. The van der Waals surface area contributed by atoms with E-state index in [1.54, 1.807) is 17.0 Å². The van der Waals surface area contributed by atoms with Gasteiger partial charge in [0.15, 0.2) is 0 Å². The van der Waals surface area contributed by atoms with Crippen molar-refractivity contribution in [3.8, 4) is 5.75 Å². The lowest BCUT2D eigenvalue weighted by Crippen LogP contribution is -2.48. The van der Waals surface area contributed by atoms with Gasteiger partial charge in [-0.2, -0.15) is 0 Å². The summed E-state index contributed by atoms with van der Waals surface area (Å²) in [6, 6.07) is 12.6. The molecule has 2 N–H and O–H groups in total. The largest absolute Gasteiger partial charge is 0.507 e. The van der Waals surface area contributed by atoms with Crippen LogP contribution in [0.5, 0.6) is 5.75 Å². The summed E-state index contributed by atoms with van der Waals surface area (Å²) in [5.74, 6) is -3.54. The Kier molecular flexibility index (Phi) is 6.21. The molecule has 1 saturated heterocycles.